The highest BCUT2D eigenvalue weighted by Crippen LogP contribution is 2.23. The maximum atomic E-state index is 12.3. The summed E-state index contributed by atoms with van der Waals surface area (Å²) < 4.78 is 10.4. The number of ether oxygens (including phenoxy) is 1. The van der Waals surface area contributed by atoms with E-state index in [1.54, 1.807) is 20.1 Å². The molecule has 9 heteroatoms. The zero-order valence-electron chi connectivity index (χ0n) is 15.6. The molecule has 2 aromatic heterocycles. The molecule has 8 nitrogen and oxygen atoms in total. The molecule has 0 saturated carbocycles. The number of hydrogen-bond donors (Lipinski definition) is 1. The second-order valence-corrected chi connectivity index (χ2v) is 7.33. The van der Waals surface area contributed by atoms with Crippen molar-refractivity contribution in [3.63, 3.8) is 0 Å². The van der Waals surface area contributed by atoms with Crippen LogP contribution in [-0.2, 0) is 16.1 Å². The van der Waals surface area contributed by atoms with Gasteiger partial charge in [-0.2, -0.15) is 0 Å². The Balaban J connectivity index is 1.45. The molecule has 1 aliphatic heterocycles. The number of hydrogen-bond acceptors (Lipinski definition) is 8. The summed E-state index contributed by atoms with van der Waals surface area (Å²) in [7, 11) is 0. The van der Waals surface area contributed by atoms with Crippen LogP contribution in [0.3, 0.4) is 0 Å². The van der Waals surface area contributed by atoms with Crippen LogP contribution in [0.1, 0.15) is 28.0 Å². The second kappa shape index (κ2) is 9.12. The molecular formula is C18H24N4O4S. The fraction of sp³-hybridized carbons (Fsp3) is 0.500. The average Bonchev–Trinajstić information content (AvgIpc) is 3.26. The first-order valence-corrected chi connectivity index (χ1v) is 9.78. The molecule has 146 valence electrons. The largest absolute Gasteiger partial charge is 0.468 e. The van der Waals surface area contributed by atoms with Crippen molar-refractivity contribution in [3.05, 3.63) is 34.7 Å². The number of rotatable bonds is 7. The Kier molecular flexibility index (Phi) is 6.59. The lowest BCUT2D eigenvalue weighted by Gasteiger charge is -2.33. The Bertz CT molecular complexity index is 766. The van der Waals surface area contributed by atoms with E-state index in [1.807, 2.05) is 12.1 Å². The zero-order chi connectivity index (χ0) is 19.2. The average molecular weight is 392 g/mol. The minimum Gasteiger partial charge on any atom is -0.468 e. The molecule has 3 heterocycles. The predicted molar refractivity (Wildman–Crippen MR) is 102 cm³/mol. The number of thiazole rings is 1. The van der Waals surface area contributed by atoms with Crippen LogP contribution in [0.4, 0.5) is 5.13 Å². The van der Waals surface area contributed by atoms with Crippen LogP contribution in [0.25, 0.3) is 0 Å². The zero-order valence-corrected chi connectivity index (χ0v) is 16.4. The summed E-state index contributed by atoms with van der Waals surface area (Å²) >= 11 is 1.15. The van der Waals surface area contributed by atoms with Gasteiger partial charge in [-0.25, -0.2) is 9.78 Å². The van der Waals surface area contributed by atoms with Gasteiger partial charge in [0.1, 0.15) is 10.6 Å². The summed E-state index contributed by atoms with van der Waals surface area (Å²) in [6.07, 6.45) is 1.68. The van der Waals surface area contributed by atoms with E-state index in [-0.39, 0.29) is 5.91 Å². The normalized spacial score (nSPS) is 15.6. The first-order valence-electron chi connectivity index (χ1n) is 8.96. The minimum atomic E-state index is -0.402. The third-order valence-electron chi connectivity index (χ3n) is 4.30. The molecule has 2 aromatic rings. The first-order chi connectivity index (χ1) is 13.0. The van der Waals surface area contributed by atoms with Gasteiger partial charge in [-0.15, -0.1) is 0 Å². The highest BCUT2D eigenvalue weighted by atomic mass is 32.1. The molecule has 1 N–H and O–H groups in total. The molecule has 1 aliphatic rings. The number of carbonyl (C=O) groups is 2. The van der Waals surface area contributed by atoms with Crippen LogP contribution in [0.5, 0.6) is 0 Å². The fourth-order valence-electron chi connectivity index (χ4n) is 2.93. The Morgan fingerprint density at radius 1 is 1.30 bits per heavy atom. The molecule has 27 heavy (non-hydrogen) atoms. The number of furan rings is 1. The topological polar surface area (TPSA) is 87.9 Å². The summed E-state index contributed by atoms with van der Waals surface area (Å²) in [6, 6.07) is 3.87. The number of nitrogens with one attached hydrogen (secondary N) is 1. The van der Waals surface area contributed by atoms with Gasteiger partial charge in [-0.1, -0.05) is 11.3 Å². The second-order valence-electron chi connectivity index (χ2n) is 6.33. The van der Waals surface area contributed by atoms with E-state index in [0.29, 0.717) is 28.9 Å². The van der Waals surface area contributed by atoms with E-state index in [9.17, 15) is 9.59 Å². The van der Waals surface area contributed by atoms with Gasteiger partial charge >= 0.3 is 5.97 Å². The third-order valence-corrected chi connectivity index (χ3v) is 5.35. The number of aryl methyl sites for hydroxylation is 1. The van der Waals surface area contributed by atoms with E-state index in [4.69, 9.17) is 9.15 Å². The van der Waals surface area contributed by atoms with Crippen LogP contribution >= 0.6 is 11.3 Å². The van der Waals surface area contributed by atoms with Crippen LogP contribution in [-0.4, -0.2) is 66.0 Å². The smallest absolute Gasteiger partial charge is 0.350 e. The maximum Gasteiger partial charge on any atom is 0.350 e. The van der Waals surface area contributed by atoms with Crippen molar-refractivity contribution in [2.24, 2.45) is 0 Å². The molecule has 1 fully saturated rings. The minimum absolute atomic E-state index is 0.126. The number of piperazine rings is 1. The van der Waals surface area contributed by atoms with E-state index in [0.717, 1.165) is 49.8 Å². The van der Waals surface area contributed by atoms with Crippen LogP contribution in [0.15, 0.2) is 22.8 Å². The molecule has 0 spiro atoms. The van der Waals surface area contributed by atoms with Gasteiger partial charge in [0.2, 0.25) is 5.91 Å². The fourth-order valence-corrected chi connectivity index (χ4v) is 3.80. The molecule has 0 unspecified atom stereocenters. The van der Waals surface area contributed by atoms with Gasteiger partial charge in [0.15, 0.2) is 5.13 Å². The standard InChI is InChI=1S/C18H24N4O4S/c1-3-25-17(24)16-13(2)19-18(27-16)20-15(23)12-22-8-6-21(7-9-22)11-14-5-4-10-26-14/h4-5,10H,3,6-9,11-12H2,1-2H3,(H,19,20,23). The Morgan fingerprint density at radius 2 is 2.04 bits per heavy atom. The van der Waals surface area contributed by atoms with Crippen LogP contribution in [0, 0.1) is 6.92 Å². The summed E-state index contributed by atoms with van der Waals surface area (Å²) in [5.41, 5.74) is 0.570. The maximum absolute atomic E-state index is 12.3. The molecule has 0 atom stereocenters. The van der Waals surface area contributed by atoms with Crippen molar-refractivity contribution in [1.29, 1.82) is 0 Å². The lowest BCUT2D eigenvalue weighted by atomic mass is 10.3. The predicted octanol–water partition coefficient (Wildman–Crippen LogP) is 1.98. The highest BCUT2D eigenvalue weighted by molar-refractivity contribution is 7.17. The molecule has 1 amide bonds. The SMILES string of the molecule is CCOC(=O)c1sc(NC(=O)CN2CCN(Cc3ccco3)CC2)nc1C. The van der Waals surface area contributed by atoms with E-state index in [2.05, 4.69) is 20.1 Å². The Morgan fingerprint density at radius 3 is 2.70 bits per heavy atom. The van der Waals surface area contributed by atoms with Gasteiger partial charge in [-0.3, -0.25) is 14.6 Å². The van der Waals surface area contributed by atoms with E-state index >= 15 is 0 Å². The number of amides is 1. The first kappa shape index (κ1) is 19.5. The van der Waals surface area contributed by atoms with Gasteiger partial charge < -0.3 is 14.5 Å². The lowest BCUT2D eigenvalue weighted by molar-refractivity contribution is -0.117. The molecule has 1 saturated heterocycles. The highest BCUT2D eigenvalue weighted by Gasteiger charge is 2.21. The van der Waals surface area contributed by atoms with Crippen molar-refractivity contribution >= 4 is 28.3 Å². The Hall–Kier alpha value is -2.23. The van der Waals surface area contributed by atoms with E-state index < -0.39 is 5.97 Å². The molecule has 0 aromatic carbocycles. The van der Waals surface area contributed by atoms with Crippen molar-refractivity contribution in [3.8, 4) is 0 Å². The monoisotopic (exact) mass is 392 g/mol. The summed E-state index contributed by atoms with van der Waals surface area (Å²) in [6.45, 7) is 8.31. The number of anilines is 1. The number of carbonyl (C=O) groups excluding carboxylic acids is 2. The van der Waals surface area contributed by atoms with Crippen molar-refractivity contribution in [2.75, 3.05) is 44.6 Å². The van der Waals surface area contributed by atoms with Crippen LogP contribution < -0.4 is 5.32 Å². The number of nitrogens with zero attached hydrogens (tertiary/aromatic N) is 3. The molecule has 3 rings (SSSR count). The van der Waals surface area contributed by atoms with Crippen molar-refractivity contribution in [1.82, 2.24) is 14.8 Å². The lowest BCUT2D eigenvalue weighted by Crippen LogP contribution is -2.48. The number of aromatic nitrogens is 1. The van der Waals surface area contributed by atoms with Crippen molar-refractivity contribution < 1.29 is 18.7 Å². The third kappa shape index (κ3) is 5.38. The van der Waals surface area contributed by atoms with Crippen LogP contribution in [0.2, 0.25) is 0 Å². The molecular weight excluding hydrogens is 368 g/mol. The number of esters is 1. The summed E-state index contributed by atoms with van der Waals surface area (Å²) in [5, 5.41) is 3.21. The molecule has 0 bridgehead atoms. The quantitative estimate of drug-likeness (QED) is 0.721. The molecule has 0 aliphatic carbocycles. The van der Waals surface area contributed by atoms with E-state index in [1.165, 1.54) is 0 Å². The summed E-state index contributed by atoms with van der Waals surface area (Å²) in [5.74, 6) is 0.428. The van der Waals surface area contributed by atoms with Gasteiger partial charge in [-0.05, 0) is 26.0 Å². The Labute approximate surface area is 162 Å². The van der Waals surface area contributed by atoms with Gasteiger partial charge in [0.05, 0.1) is 31.7 Å². The van der Waals surface area contributed by atoms with Gasteiger partial charge in [0, 0.05) is 26.2 Å². The summed E-state index contributed by atoms with van der Waals surface area (Å²) in [4.78, 5) is 33.2. The molecule has 0 radical (unpaired) electrons. The van der Waals surface area contributed by atoms with Gasteiger partial charge in [0.25, 0.3) is 0 Å². The van der Waals surface area contributed by atoms with Crippen molar-refractivity contribution in [2.45, 2.75) is 20.4 Å².